The van der Waals surface area contributed by atoms with E-state index in [0.29, 0.717) is 5.56 Å². The standard InChI is InChI=1S/C14H15N3S/c1-3-12(14-16-7-8-18-14)17-13-10(2)5-4-6-11(13)9-15/h4-8,12,17H,3H2,1-2H3. The van der Waals surface area contributed by atoms with E-state index in [1.807, 2.05) is 36.7 Å². The highest BCUT2D eigenvalue weighted by Gasteiger charge is 2.14. The van der Waals surface area contributed by atoms with Crippen LogP contribution in [-0.2, 0) is 0 Å². The Hall–Kier alpha value is -1.86. The average Bonchev–Trinajstić information content (AvgIpc) is 2.91. The fourth-order valence-electron chi connectivity index (χ4n) is 1.87. The number of rotatable bonds is 4. The number of anilines is 1. The van der Waals surface area contributed by atoms with E-state index < -0.39 is 0 Å². The predicted octanol–water partition coefficient (Wildman–Crippen LogP) is 3.89. The fourth-order valence-corrected chi connectivity index (χ4v) is 2.64. The number of hydrogen-bond acceptors (Lipinski definition) is 4. The number of nitrogens with zero attached hydrogens (tertiary/aromatic N) is 2. The Kier molecular flexibility index (Phi) is 3.96. The molecule has 3 nitrogen and oxygen atoms in total. The quantitative estimate of drug-likeness (QED) is 0.904. The minimum absolute atomic E-state index is 0.165. The van der Waals surface area contributed by atoms with E-state index in [0.717, 1.165) is 22.7 Å². The lowest BCUT2D eigenvalue weighted by molar-refractivity contribution is 0.741. The van der Waals surface area contributed by atoms with Crippen LogP contribution in [0.15, 0.2) is 29.8 Å². The molecule has 1 aromatic carbocycles. The highest BCUT2D eigenvalue weighted by molar-refractivity contribution is 7.09. The second-order valence-corrected chi connectivity index (χ2v) is 5.01. The summed E-state index contributed by atoms with van der Waals surface area (Å²) in [6.07, 6.45) is 2.75. The van der Waals surface area contributed by atoms with Crippen molar-refractivity contribution in [1.29, 1.82) is 5.26 Å². The minimum atomic E-state index is 0.165. The highest BCUT2D eigenvalue weighted by Crippen LogP contribution is 2.28. The van der Waals surface area contributed by atoms with E-state index in [1.165, 1.54) is 0 Å². The highest BCUT2D eigenvalue weighted by atomic mass is 32.1. The molecule has 0 spiro atoms. The molecule has 1 N–H and O–H groups in total. The maximum absolute atomic E-state index is 9.16. The van der Waals surface area contributed by atoms with Gasteiger partial charge in [0, 0.05) is 11.6 Å². The van der Waals surface area contributed by atoms with E-state index in [2.05, 4.69) is 23.3 Å². The van der Waals surface area contributed by atoms with E-state index in [-0.39, 0.29) is 6.04 Å². The average molecular weight is 257 g/mol. The summed E-state index contributed by atoms with van der Waals surface area (Å²) < 4.78 is 0. The molecule has 1 heterocycles. The molecular formula is C14H15N3S. The number of nitriles is 1. The van der Waals surface area contributed by atoms with Gasteiger partial charge in [-0.3, -0.25) is 0 Å². The molecule has 92 valence electrons. The number of nitrogens with one attached hydrogen (secondary N) is 1. The monoisotopic (exact) mass is 257 g/mol. The molecule has 0 saturated heterocycles. The minimum Gasteiger partial charge on any atom is -0.375 e. The molecular weight excluding hydrogens is 242 g/mol. The van der Waals surface area contributed by atoms with Gasteiger partial charge in [-0.1, -0.05) is 19.1 Å². The van der Waals surface area contributed by atoms with Crippen molar-refractivity contribution in [3.8, 4) is 6.07 Å². The van der Waals surface area contributed by atoms with Crippen molar-refractivity contribution >= 4 is 17.0 Å². The first-order valence-electron chi connectivity index (χ1n) is 5.92. The van der Waals surface area contributed by atoms with Gasteiger partial charge in [0.2, 0.25) is 0 Å². The van der Waals surface area contributed by atoms with Gasteiger partial charge in [0.15, 0.2) is 0 Å². The molecule has 0 amide bonds. The van der Waals surface area contributed by atoms with Crippen molar-refractivity contribution in [3.05, 3.63) is 45.9 Å². The van der Waals surface area contributed by atoms with Gasteiger partial charge in [-0.05, 0) is 25.0 Å². The fraction of sp³-hybridized carbons (Fsp3) is 0.286. The zero-order valence-corrected chi connectivity index (χ0v) is 11.3. The van der Waals surface area contributed by atoms with Crippen molar-refractivity contribution in [2.24, 2.45) is 0 Å². The van der Waals surface area contributed by atoms with E-state index in [1.54, 1.807) is 11.3 Å². The summed E-state index contributed by atoms with van der Waals surface area (Å²) in [4.78, 5) is 4.34. The van der Waals surface area contributed by atoms with Gasteiger partial charge in [0.1, 0.15) is 11.1 Å². The van der Waals surface area contributed by atoms with Crippen molar-refractivity contribution in [2.45, 2.75) is 26.3 Å². The van der Waals surface area contributed by atoms with Gasteiger partial charge in [0.05, 0.1) is 17.3 Å². The van der Waals surface area contributed by atoms with Crippen LogP contribution in [0.2, 0.25) is 0 Å². The van der Waals surface area contributed by atoms with Crippen LogP contribution in [0.3, 0.4) is 0 Å². The van der Waals surface area contributed by atoms with Crippen LogP contribution >= 0.6 is 11.3 Å². The first-order valence-corrected chi connectivity index (χ1v) is 6.79. The number of aromatic nitrogens is 1. The van der Waals surface area contributed by atoms with Crippen molar-refractivity contribution < 1.29 is 0 Å². The second kappa shape index (κ2) is 5.65. The Morgan fingerprint density at radius 2 is 2.33 bits per heavy atom. The Morgan fingerprint density at radius 1 is 1.50 bits per heavy atom. The Labute approximate surface area is 111 Å². The molecule has 0 aliphatic carbocycles. The van der Waals surface area contributed by atoms with Crippen molar-refractivity contribution in [1.82, 2.24) is 4.98 Å². The molecule has 2 rings (SSSR count). The summed E-state index contributed by atoms with van der Waals surface area (Å²) in [5, 5.41) is 15.6. The normalized spacial score (nSPS) is 11.8. The number of hydrogen-bond donors (Lipinski definition) is 1. The summed E-state index contributed by atoms with van der Waals surface area (Å²) in [7, 11) is 0. The molecule has 0 aliphatic rings. The smallest absolute Gasteiger partial charge is 0.115 e. The third-order valence-electron chi connectivity index (χ3n) is 2.87. The van der Waals surface area contributed by atoms with Crippen molar-refractivity contribution in [3.63, 3.8) is 0 Å². The topological polar surface area (TPSA) is 48.7 Å². The largest absolute Gasteiger partial charge is 0.375 e. The Bertz CT molecular complexity index is 555. The van der Waals surface area contributed by atoms with Crippen LogP contribution in [-0.4, -0.2) is 4.98 Å². The summed E-state index contributed by atoms with van der Waals surface area (Å²) >= 11 is 1.64. The van der Waals surface area contributed by atoms with Gasteiger partial charge in [-0.2, -0.15) is 5.26 Å². The lowest BCUT2D eigenvalue weighted by Gasteiger charge is -2.18. The molecule has 0 radical (unpaired) electrons. The summed E-state index contributed by atoms with van der Waals surface area (Å²) in [5.74, 6) is 0. The maximum atomic E-state index is 9.16. The molecule has 1 atom stereocenters. The van der Waals surface area contributed by atoms with Crippen LogP contribution in [0.25, 0.3) is 0 Å². The van der Waals surface area contributed by atoms with Gasteiger partial charge in [-0.25, -0.2) is 4.98 Å². The number of aryl methyl sites for hydroxylation is 1. The molecule has 0 saturated carbocycles. The van der Waals surface area contributed by atoms with E-state index >= 15 is 0 Å². The van der Waals surface area contributed by atoms with Gasteiger partial charge in [0.25, 0.3) is 0 Å². The van der Waals surface area contributed by atoms with Crippen molar-refractivity contribution in [2.75, 3.05) is 5.32 Å². The molecule has 0 fully saturated rings. The third-order valence-corrected chi connectivity index (χ3v) is 3.76. The maximum Gasteiger partial charge on any atom is 0.115 e. The van der Waals surface area contributed by atoms with Gasteiger partial charge >= 0.3 is 0 Å². The van der Waals surface area contributed by atoms with Crippen LogP contribution in [0.1, 0.15) is 35.5 Å². The molecule has 2 aromatic rings. The van der Waals surface area contributed by atoms with Crippen LogP contribution in [0, 0.1) is 18.3 Å². The molecule has 1 unspecified atom stereocenters. The summed E-state index contributed by atoms with van der Waals surface area (Å²) in [5.41, 5.74) is 2.69. The zero-order chi connectivity index (χ0) is 13.0. The van der Waals surface area contributed by atoms with Crippen LogP contribution in [0.5, 0.6) is 0 Å². The first kappa shape index (κ1) is 12.6. The van der Waals surface area contributed by atoms with E-state index in [9.17, 15) is 0 Å². The second-order valence-electron chi connectivity index (χ2n) is 4.08. The Balaban J connectivity index is 2.31. The number of thiazole rings is 1. The molecule has 18 heavy (non-hydrogen) atoms. The molecule has 0 bridgehead atoms. The first-order chi connectivity index (χ1) is 8.76. The lowest BCUT2D eigenvalue weighted by atomic mass is 10.1. The number of benzene rings is 1. The van der Waals surface area contributed by atoms with Crippen LogP contribution in [0.4, 0.5) is 5.69 Å². The van der Waals surface area contributed by atoms with Crippen LogP contribution < -0.4 is 5.32 Å². The summed E-state index contributed by atoms with van der Waals surface area (Å²) in [6, 6.07) is 8.15. The molecule has 1 aromatic heterocycles. The predicted molar refractivity (Wildman–Crippen MR) is 74.7 cm³/mol. The van der Waals surface area contributed by atoms with E-state index in [4.69, 9.17) is 5.26 Å². The van der Waals surface area contributed by atoms with Gasteiger partial charge in [-0.15, -0.1) is 11.3 Å². The SMILES string of the molecule is CCC(Nc1c(C)cccc1C#N)c1nccs1. The molecule has 0 aliphatic heterocycles. The molecule has 4 heteroatoms. The Morgan fingerprint density at radius 3 is 2.94 bits per heavy atom. The zero-order valence-electron chi connectivity index (χ0n) is 10.5. The lowest BCUT2D eigenvalue weighted by Crippen LogP contribution is -2.11. The third kappa shape index (κ3) is 2.52. The summed E-state index contributed by atoms with van der Waals surface area (Å²) in [6.45, 7) is 4.13. The van der Waals surface area contributed by atoms with Gasteiger partial charge < -0.3 is 5.32 Å². The number of para-hydroxylation sites is 1.